The van der Waals surface area contributed by atoms with Crippen LogP contribution in [-0.2, 0) is 10.0 Å². The highest BCUT2D eigenvalue weighted by Crippen LogP contribution is 2.23. The predicted molar refractivity (Wildman–Crippen MR) is 103 cm³/mol. The molecule has 8 heteroatoms. The van der Waals surface area contributed by atoms with E-state index in [-0.39, 0.29) is 10.5 Å². The molecule has 2 aromatic carbocycles. The molecule has 1 aromatic heterocycles. The van der Waals surface area contributed by atoms with E-state index in [1.165, 1.54) is 34.8 Å². The number of benzene rings is 2. The maximum atomic E-state index is 12.9. The first-order valence-electron chi connectivity index (χ1n) is 7.74. The van der Waals surface area contributed by atoms with E-state index in [1.807, 2.05) is 19.1 Å². The van der Waals surface area contributed by atoms with Crippen molar-refractivity contribution >= 4 is 38.1 Å². The maximum absolute atomic E-state index is 12.9. The van der Waals surface area contributed by atoms with Gasteiger partial charge < -0.3 is 0 Å². The van der Waals surface area contributed by atoms with E-state index in [9.17, 15) is 13.2 Å². The minimum absolute atomic E-state index is 0.0485. The lowest BCUT2D eigenvalue weighted by Gasteiger charge is -2.20. The second kappa shape index (κ2) is 7.27. The Morgan fingerprint density at radius 1 is 1.15 bits per heavy atom. The summed E-state index contributed by atoms with van der Waals surface area (Å²) in [5, 5.41) is 4.85. The van der Waals surface area contributed by atoms with Crippen LogP contribution in [0.15, 0.2) is 65.0 Å². The molecule has 0 saturated carbocycles. The number of amides is 1. The van der Waals surface area contributed by atoms with E-state index < -0.39 is 15.9 Å². The lowest BCUT2D eigenvalue weighted by atomic mass is 10.2. The van der Waals surface area contributed by atoms with Crippen molar-refractivity contribution in [3.63, 3.8) is 0 Å². The summed E-state index contributed by atoms with van der Waals surface area (Å²) in [4.78, 5) is 16.4. The van der Waals surface area contributed by atoms with Crippen LogP contribution < -0.4 is 9.62 Å². The molecule has 0 radical (unpaired) electrons. The Hall–Kier alpha value is -2.71. The van der Waals surface area contributed by atoms with Crippen LogP contribution in [-0.4, -0.2) is 26.4 Å². The fraction of sp³-hybridized carbons (Fsp3) is 0.111. The molecule has 0 atom stereocenters. The topological polar surface area (TPSA) is 79.4 Å². The molecule has 0 aliphatic carbocycles. The summed E-state index contributed by atoms with van der Waals surface area (Å²) in [6.45, 7) is 1.93. The van der Waals surface area contributed by atoms with E-state index in [1.54, 1.807) is 35.8 Å². The van der Waals surface area contributed by atoms with Gasteiger partial charge in [0.25, 0.3) is 15.9 Å². The van der Waals surface area contributed by atoms with Crippen LogP contribution in [0.3, 0.4) is 0 Å². The molecule has 0 aliphatic rings. The lowest BCUT2D eigenvalue weighted by molar-refractivity contribution is 0.102. The summed E-state index contributed by atoms with van der Waals surface area (Å²) in [6.07, 6.45) is 1.58. The van der Waals surface area contributed by atoms with Gasteiger partial charge in [0.05, 0.1) is 10.6 Å². The van der Waals surface area contributed by atoms with Gasteiger partial charge in [-0.1, -0.05) is 23.8 Å². The molecular weight excluding hydrogens is 370 g/mol. The van der Waals surface area contributed by atoms with Crippen molar-refractivity contribution in [3.05, 3.63) is 71.2 Å². The zero-order valence-corrected chi connectivity index (χ0v) is 15.8. The van der Waals surface area contributed by atoms with Gasteiger partial charge in [-0.25, -0.2) is 13.4 Å². The molecule has 1 heterocycles. The lowest BCUT2D eigenvalue weighted by Crippen LogP contribution is -2.26. The number of rotatable bonds is 5. The molecule has 1 amide bonds. The number of hydrogen-bond acceptors (Lipinski definition) is 5. The highest BCUT2D eigenvalue weighted by atomic mass is 32.2. The quantitative estimate of drug-likeness (QED) is 0.726. The van der Waals surface area contributed by atoms with Crippen LogP contribution in [0, 0.1) is 6.92 Å². The normalized spacial score (nSPS) is 11.2. The summed E-state index contributed by atoms with van der Waals surface area (Å²) in [6, 6.07) is 13.1. The first-order valence-corrected chi connectivity index (χ1v) is 10.1. The average molecular weight is 387 g/mol. The molecule has 0 spiro atoms. The van der Waals surface area contributed by atoms with E-state index in [4.69, 9.17) is 0 Å². The smallest absolute Gasteiger partial charge is 0.264 e. The van der Waals surface area contributed by atoms with Crippen LogP contribution in [0.4, 0.5) is 10.8 Å². The van der Waals surface area contributed by atoms with Crippen molar-refractivity contribution in [2.75, 3.05) is 16.7 Å². The molecule has 0 aliphatic heterocycles. The molecule has 26 heavy (non-hydrogen) atoms. The van der Waals surface area contributed by atoms with E-state index in [0.717, 1.165) is 5.56 Å². The van der Waals surface area contributed by atoms with Crippen molar-refractivity contribution in [1.29, 1.82) is 0 Å². The Bertz CT molecular complexity index is 1010. The number of nitrogens with zero attached hydrogens (tertiary/aromatic N) is 2. The number of aromatic nitrogens is 1. The largest absolute Gasteiger partial charge is 0.298 e. The van der Waals surface area contributed by atoms with Crippen LogP contribution in [0.2, 0.25) is 0 Å². The second-order valence-electron chi connectivity index (χ2n) is 5.63. The molecule has 3 rings (SSSR count). The maximum Gasteiger partial charge on any atom is 0.264 e. The molecule has 0 unspecified atom stereocenters. The van der Waals surface area contributed by atoms with Crippen LogP contribution >= 0.6 is 11.3 Å². The Morgan fingerprint density at radius 3 is 2.54 bits per heavy atom. The zero-order valence-electron chi connectivity index (χ0n) is 14.2. The molecule has 6 nitrogen and oxygen atoms in total. The number of carbonyl (C=O) groups is 1. The van der Waals surface area contributed by atoms with Crippen molar-refractivity contribution in [2.45, 2.75) is 11.8 Å². The average Bonchev–Trinajstić information content (AvgIpc) is 3.15. The third kappa shape index (κ3) is 3.76. The zero-order chi connectivity index (χ0) is 18.7. The minimum atomic E-state index is -3.78. The molecule has 0 saturated heterocycles. The van der Waals surface area contributed by atoms with Gasteiger partial charge in [0.15, 0.2) is 5.13 Å². The van der Waals surface area contributed by atoms with E-state index in [0.29, 0.717) is 10.8 Å². The summed E-state index contributed by atoms with van der Waals surface area (Å²) in [7, 11) is -2.29. The van der Waals surface area contributed by atoms with Gasteiger partial charge in [-0.15, -0.1) is 11.3 Å². The first kappa shape index (κ1) is 18.1. The molecule has 1 N–H and O–H groups in total. The summed E-state index contributed by atoms with van der Waals surface area (Å²) in [5.41, 5.74) is 1.84. The molecule has 0 bridgehead atoms. The summed E-state index contributed by atoms with van der Waals surface area (Å²) >= 11 is 1.29. The SMILES string of the molecule is Cc1ccc(N(C)S(=O)(=O)c2cccc(C(=O)Nc3nccs3)c2)cc1. The monoisotopic (exact) mass is 387 g/mol. The van der Waals surface area contributed by atoms with Gasteiger partial charge in [-0.05, 0) is 37.3 Å². The standard InChI is InChI=1S/C18H17N3O3S2/c1-13-6-8-15(9-7-13)21(2)26(23,24)16-5-3-4-14(12-16)17(22)20-18-19-10-11-25-18/h3-12H,1-2H3,(H,19,20,22). The second-order valence-corrected chi connectivity index (χ2v) is 8.49. The van der Waals surface area contributed by atoms with Gasteiger partial charge >= 0.3 is 0 Å². The van der Waals surface area contributed by atoms with Gasteiger partial charge in [0.1, 0.15) is 0 Å². The fourth-order valence-corrected chi connectivity index (χ4v) is 4.07. The number of anilines is 2. The molecule has 0 fully saturated rings. The van der Waals surface area contributed by atoms with Gasteiger partial charge in [0.2, 0.25) is 0 Å². The van der Waals surface area contributed by atoms with Crippen LogP contribution in [0.5, 0.6) is 0 Å². The van der Waals surface area contributed by atoms with E-state index in [2.05, 4.69) is 10.3 Å². The number of aryl methyl sites for hydroxylation is 1. The van der Waals surface area contributed by atoms with Gasteiger partial charge in [-0.2, -0.15) is 0 Å². The minimum Gasteiger partial charge on any atom is -0.298 e. The Morgan fingerprint density at radius 2 is 1.88 bits per heavy atom. The highest BCUT2D eigenvalue weighted by molar-refractivity contribution is 7.92. The number of nitrogens with one attached hydrogen (secondary N) is 1. The molecule has 3 aromatic rings. The predicted octanol–water partition coefficient (Wildman–Crippen LogP) is 3.53. The van der Waals surface area contributed by atoms with E-state index >= 15 is 0 Å². The third-order valence-corrected chi connectivity index (χ3v) is 6.28. The van der Waals surface area contributed by atoms with Crippen molar-refractivity contribution in [3.8, 4) is 0 Å². The Kier molecular flexibility index (Phi) is 5.06. The fourth-order valence-electron chi connectivity index (χ4n) is 2.30. The highest BCUT2D eigenvalue weighted by Gasteiger charge is 2.22. The van der Waals surface area contributed by atoms with Gasteiger partial charge in [0, 0.05) is 24.2 Å². The molecule has 134 valence electrons. The van der Waals surface area contributed by atoms with Crippen molar-refractivity contribution in [1.82, 2.24) is 4.98 Å². The third-order valence-electron chi connectivity index (χ3n) is 3.80. The first-order chi connectivity index (χ1) is 12.4. The van der Waals surface area contributed by atoms with Gasteiger partial charge in [-0.3, -0.25) is 14.4 Å². The summed E-state index contributed by atoms with van der Waals surface area (Å²) < 4.78 is 27.0. The Balaban J connectivity index is 1.88. The molecular formula is C18H17N3O3S2. The Labute approximate surface area is 156 Å². The number of thiazole rings is 1. The summed E-state index contributed by atoms with van der Waals surface area (Å²) in [5.74, 6) is -0.407. The van der Waals surface area contributed by atoms with Crippen molar-refractivity contribution in [2.24, 2.45) is 0 Å². The van der Waals surface area contributed by atoms with Crippen LogP contribution in [0.25, 0.3) is 0 Å². The number of sulfonamides is 1. The van der Waals surface area contributed by atoms with Crippen LogP contribution in [0.1, 0.15) is 15.9 Å². The number of carbonyl (C=O) groups excluding carboxylic acids is 1. The van der Waals surface area contributed by atoms with Crippen molar-refractivity contribution < 1.29 is 13.2 Å². The number of hydrogen-bond donors (Lipinski definition) is 1.